The molecule has 9 rings (SSSR count). The van der Waals surface area contributed by atoms with Crippen LogP contribution in [0.1, 0.15) is 82.7 Å². The first-order valence-electron chi connectivity index (χ1n) is 22.8. The van der Waals surface area contributed by atoms with Crippen molar-refractivity contribution in [3.05, 3.63) is 70.9 Å². The molecule has 0 amide bonds. The van der Waals surface area contributed by atoms with Crippen LogP contribution < -0.4 is 9.64 Å². The maximum Gasteiger partial charge on any atom is 0.341 e. The summed E-state index contributed by atoms with van der Waals surface area (Å²) in [4.78, 5) is 55.4. The summed E-state index contributed by atoms with van der Waals surface area (Å²) in [6.07, 6.45) is 7.43. The van der Waals surface area contributed by atoms with Gasteiger partial charge in [-0.05, 0) is 78.7 Å². The van der Waals surface area contributed by atoms with Crippen molar-refractivity contribution in [3.8, 4) is 5.75 Å². The first-order valence-corrected chi connectivity index (χ1v) is 22.8. The van der Waals surface area contributed by atoms with E-state index in [0.717, 1.165) is 65.9 Å². The zero-order chi connectivity index (χ0) is 44.3. The lowest BCUT2D eigenvalue weighted by molar-refractivity contribution is -0.209. The number of hydrogen-bond donors (Lipinski definition) is 2. The average Bonchev–Trinajstić information content (AvgIpc) is 3.93. The Morgan fingerprint density at radius 3 is 2.34 bits per heavy atom. The Labute approximate surface area is 366 Å². The monoisotopic (exact) mass is 850 g/mol. The highest BCUT2D eigenvalue weighted by molar-refractivity contribution is 5.96. The zero-order valence-electron chi connectivity index (χ0n) is 38.3. The number of methoxy groups -OCH3 is 4. The van der Waals surface area contributed by atoms with Crippen molar-refractivity contribution in [1.29, 1.82) is 0 Å². The molecule has 6 heterocycles. The minimum Gasteiger partial charge on any atom is -0.496 e. The Kier molecular flexibility index (Phi) is 10.3. The van der Waals surface area contributed by atoms with Crippen LogP contribution in [0.4, 0.5) is 5.69 Å². The molecule has 1 spiro atoms. The minimum atomic E-state index is -2.32. The molecule has 1 aromatic heterocycles. The third-order valence-corrected chi connectivity index (χ3v) is 17.0. The molecular weight excluding hydrogens is 785 g/mol. The molecule has 6 aliphatic rings. The number of nitrogens with zero attached hydrogens (tertiary/aromatic N) is 3. The van der Waals surface area contributed by atoms with Crippen molar-refractivity contribution >= 4 is 34.5 Å². The number of benzene rings is 2. The van der Waals surface area contributed by atoms with Crippen LogP contribution >= 0.6 is 0 Å². The van der Waals surface area contributed by atoms with Crippen molar-refractivity contribution in [2.45, 2.75) is 95.2 Å². The van der Waals surface area contributed by atoms with Gasteiger partial charge in [-0.1, -0.05) is 71.4 Å². The van der Waals surface area contributed by atoms with E-state index in [2.05, 4.69) is 78.9 Å². The van der Waals surface area contributed by atoms with Gasteiger partial charge < -0.3 is 38.8 Å². The van der Waals surface area contributed by atoms with Gasteiger partial charge in [0.2, 0.25) is 0 Å². The van der Waals surface area contributed by atoms with Crippen molar-refractivity contribution in [2.24, 2.45) is 34.5 Å². The molecule has 12 nitrogen and oxygen atoms in total. The molecule has 2 saturated heterocycles. The van der Waals surface area contributed by atoms with E-state index < -0.39 is 45.7 Å². The predicted octanol–water partition coefficient (Wildman–Crippen LogP) is 6.01. The summed E-state index contributed by atoms with van der Waals surface area (Å²) in [5.74, 6) is -1.81. The molecule has 0 radical (unpaired) electrons. The number of para-hydroxylation sites is 1. The van der Waals surface area contributed by atoms with E-state index in [1.807, 2.05) is 31.0 Å². The Morgan fingerprint density at radius 1 is 0.935 bits per heavy atom. The number of H-pyrrole nitrogens is 1. The van der Waals surface area contributed by atoms with Crippen molar-refractivity contribution < 1.29 is 38.4 Å². The summed E-state index contributed by atoms with van der Waals surface area (Å²) < 4.78 is 23.6. The number of carbonyl (C=O) groups excluding carboxylic acids is 3. The first-order chi connectivity index (χ1) is 29.6. The number of ether oxygens (including phenoxy) is 4. The highest BCUT2D eigenvalue weighted by atomic mass is 16.5. The molecule has 8 unspecified atom stereocenters. The summed E-state index contributed by atoms with van der Waals surface area (Å²) in [5, 5.41) is 14.5. The van der Waals surface area contributed by atoms with Gasteiger partial charge in [0.15, 0.2) is 5.60 Å². The Bertz CT molecular complexity index is 2330. The van der Waals surface area contributed by atoms with Crippen LogP contribution in [0, 0.1) is 34.5 Å². The number of likely N-dealkylation sites (N-methyl/N-ethyl adjacent to an activating group) is 1. The number of aliphatic hydroxyl groups is 1. The smallest absolute Gasteiger partial charge is 0.341 e. The normalized spacial score (nSPS) is 36.0. The van der Waals surface area contributed by atoms with Gasteiger partial charge in [0.05, 0.1) is 34.5 Å². The molecule has 11 atom stereocenters. The molecule has 3 aromatic rings. The number of esters is 3. The molecule has 62 heavy (non-hydrogen) atoms. The predicted molar refractivity (Wildman–Crippen MR) is 237 cm³/mol. The van der Waals surface area contributed by atoms with Gasteiger partial charge in [-0.2, -0.15) is 0 Å². The van der Waals surface area contributed by atoms with Crippen LogP contribution in [0.25, 0.3) is 10.9 Å². The fraction of sp³-hybridized carbons (Fsp3) is 0.620. The largest absolute Gasteiger partial charge is 0.496 e. The average molecular weight is 851 g/mol. The van der Waals surface area contributed by atoms with Crippen LogP contribution in [0.15, 0.2) is 48.6 Å². The molecule has 5 aliphatic heterocycles. The van der Waals surface area contributed by atoms with E-state index in [0.29, 0.717) is 55.5 Å². The summed E-state index contributed by atoms with van der Waals surface area (Å²) in [6.45, 7) is 15.4. The van der Waals surface area contributed by atoms with Gasteiger partial charge in [0.25, 0.3) is 0 Å². The standard InChI is InChI=1S/C50H66N4O8/c1-11-29-27-53-22-18-32-31-16-13-14-17-35(31)51-40(32)49(44(56)61-9,26-30(28-53)38(29)46(3,4)5)34-24-33-36(25-37(34)59-7)52(6)43-48(33)20-23-54-21-15-19-47(12-2,42(48)54)39(41(55)60-8)50(43,58)45(57)62-10/h13-17,19,24-25,29-30,38-39,42-43,51,58H,11-12,18,20-23,26-28H2,1-10H3/t29?,30-,38+,39?,42?,43?,47?,48?,49-,50?/m0/s1. The number of nitrogens with one attached hydrogen (secondary N) is 1. The van der Waals surface area contributed by atoms with Crippen LogP contribution in [-0.4, -0.2) is 124 Å². The second kappa shape index (κ2) is 14.8. The first kappa shape index (κ1) is 42.9. The summed E-state index contributed by atoms with van der Waals surface area (Å²) >= 11 is 0. The molecule has 334 valence electrons. The lowest BCUT2D eigenvalue weighted by Crippen LogP contribution is -2.80. The second-order valence-corrected chi connectivity index (χ2v) is 20.4. The topological polar surface area (TPSA) is 134 Å². The number of aromatic nitrogens is 1. The van der Waals surface area contributed by atoms with E-state index in [9.17, 15) is 14.7 Å². The van der Waals surface area contributed by atoms with Gasteiger partial charge in [0, 0.05) is 84.0 Å². The minimum absolute atomic E-state index is 0.0462. The third kappa shape index (κ3) is 5.44. The fourth-order valence-electron chi connectivity index (χ4n) is 15.1. The lowest BCUT2D eigenvalue weighted by atomic mass is 9.44. The molecule has 1 aliphatic carbocycles. The Hall–Kier alpha value is -4.39. The van der Waals surface area contributed by atoms with Gasteiger partial charge >= 0.3 is 17.9 Å². The SMILES string of the molecule is CCC1CN2CCc3c([nH]c4ccccc34)[C@@](C(=O)OC)(c3cc4c(cc3OC)N(C)C3C(O)(C(=O)OC)C(C(=O)OC)C5(CC)C=CCN6CCC43C65)C[C@@H](C2)[C@@H]1C(C)(C)C. The van der Waals surface area contributed by atoms with E-state index in [1.54, 1.807) is 7.11 Å². The molecular formula is C50H66N4O8. The van der Waals surface area contributed by atoms with Crippen LogP contribution in [-0.2, 0) is 45.8 Å². The lowest BCUT2D eigenvalue weighted by Gasteiger charge is -2.63. The van der Waals surface area contributed by atoms with E-state index >= 15 is 4.79 Å². The number of rotatable bonds is 7. The quantitative estimate of drug-likeness (QED) is 0.165. The van der Waals surface area contributed by atoms with Gasteiger partial charge in [0.1, 0.15) is 17.1 Å². The Balaban J connectivity index is 1.38. The maximum atomic E-state index is 15.7. The van der Waals surface area contributed by atoms with Gasteiger partial charge in [-0.3, -0.25) is 14.5 Å². The number of anilines is 1. The number of fused-ring (bicyclic) bond motifs is 6. The van der Waals surface area contributed by atoms with Crippen LogP contribution in [0.3, 0.4) is 0 Å². The van der Waals surface area contributed by atoms with Gasteiger partial charge in [-0.15, -0.1) is 0 Å². The van der Waals surface area contributed by atoms with Crippen molar-refractivity contribution in [3.63, 3.8) is 0 Å². The van der Waals surface area contributed by atoms with Crippen LogP contribution in [0.2, 0.25) is 0 Å². The summed E-state index contributed by atoms with van der Waals surface area (Å²) in [5.41, 5.74) is -0.361. The second-order valence-electron chi connectivity index (χ2n) is 20.4. The fourth-order valence-corrected chi connectivity index (χ4v) is 15.1. The number of piperidine rings is 1. The van der Waals surface area contributed by atoms with E-state index in [-0.39, 0.29) is 23.3 Å². The number of hydrogen-bond acceptors (Lipinski definition) is 11. The summed E-state index contributed by atoms with van der Waals surface area (Å²) in [7, 11) is 7.61. The summed E-state index contributed by atoms with van der Waals surface area (Å²) in [6, 6.07) is 11.3. The molecule has 12 heteroatoms. The van der Waals surface area contributed by atoms with E-state index in [4.69, 9.17) is 18.9 Å². The van der Waals surface area contributed by atoms with Crippen molar-refractivity contribution in [2.75, 3.05) is 73.1 Å². The van der Waals surface area contributed by atoms with Gasteiger partial charge in [-0.25, -0.2) is 4.79 Å². The Morgan fingerprint density at radius 2 is 1.68 bits per heavy atom. The molecule has 1 saturated carbocycles. The highest BCUT2D eigenvalue weighted by Gasteiger charge is 2.81. The molecule has 2 aromatic carbocycles. The number of aromatic amines is 1. The van der Waals surface area contributed by atoms with Crippen LogP contribution in [0.5, 0.6) is 5.75 Å². The number of carbonyl (C=O) groups is 3. The van der Waals surface area contributed by atoms with Crippen molar-refractivity contribution in [1.82, 2.24) is 14.8 Å². The third-order valence-electron chi connectivity index (χ3n) is 17.0. The maximum absolute atomic E-state index is 15.7. The molecule has 2 N–H and O–H groups in total. The van der Waals surface area contributed by atoms with E-state index in [1.165, 1.54) is 21.3 Å². The molecule has 2 bridgehead atoms. The zero-order valence-corrected chi connectivity index (χ0v) is 38.3. The highest BCUT2D eigenvalue weighted by Crippen LogP contribution is 2.69. The molecule has 3 fully saturated rings.